The fourth-order valence-electron chi connectivity index (χ4n) is 2.95. The predicted octanol–water partition coefficient (Wildman–Crippen LogP) is 2.18. The van der Waals surface area contributed by atoms with Gasteiger partial charge in [0, 0.05) is 24.9 Å². The summed E-state index contributed by atoms with van der Waals surface area (Å²) in [5.74, 6) is 2.48. The smallest absolute Gasteiger partial charge is 0.153 e. The van der Waals surface area contributed by atoms with Gasteiger partial charge in [-0.15, -0.1) is 0 Å². The third-order valence-electron chi connectivity index (χ3n) is 4.12. The molecule has 0 spiro atoms. The van der Waals surface area contributed by atoms with E-state index >= 15 is 0 Å². The molecule has 1 N–H and O–H groups in total. The van der Waals surface area contributed by atoms with E-state index in [0.29, 0.717) is 5.92 Å². The molecule has 108 valence electrons. The highest BCUT2D eigenvalue weighted by atomic mass is 15.2. The van der Waals surface area contributed by atoms with Gasteiger partial charge in [-0.1, -0.05) is 0 Å². The maximum atomic E-state index is 4.47. The van der Waals surface area contributed by atoms with Gasteiger partial charge in [0.15, 0.2) is 5.82 Å². The fraction of sp³-hybridized carbons (Fsp3) is 0.600. The highest BCUT2D eigenvalue weighted by Crippen LogP contribution is 2.25. The van der Waals surface area contributed by atoms with E-state index in [1.807, 2.05) is 6.92 Å². The van der Waals surface area contributed by atoms with Crippen LogP contribution in [0.15, 0.2) is 24.5 Å². The summed E-state index contributed by atoms with van der Waals surface area (Å²) < 4.78 is 2.25. The van der Waals surface area contributed by atoms with Crippen molar-refractivity contribution < 1.29 is 0 Å². The molecule has 0 atom stereocenters. The summed E-state index contributed by atoms with van der Waals surface area (Å²) in [6.07, 6.45) is 7.86. The number of H-pyrrole nitrogens is 1. The summed E-state index contributed by atoms with van der Waals surface area (Å²) >= 11 is 0. The zero-order valence-electron chi connectivity index (χ0n) is 12.1. The number of aromatic amines is 1. The van der Waals surface area contributed by atoms with E-state index in [1.54, 1.807) is 0 Å². The maximum Gasteiger partial charge on any atom is 0.153 e. The lowest BCUT2D eigenvalue weighted by Gasteiger charge is -2.30. The molecule has 0 radical (unpaired) electrons. The third kappa shape index (κ3) is 3.28. The molecule has 2 aromatic heterocycles. The van der Waals surface area contributed by atoms with Crippen LogP contribution in [0.1, 0.15) is 36.8 Å². The van der Waals surface area contributed by atoms with Gasteiger partial charge in [-0.2, -0.15) is 5.10 Å². The predicted molar refractivity (Wildman–Crippen MR) is 78.6 cm³/mol. The van der Waals surface area contributed by atoms with Gasteiger partial charge >= 0.3 is 0 Å². The molecule has 20 heavy (non-hydrogen) atoms. The Labute approximate surface area is 120 Å². The molecule has 0 aliphatic carbocycles. The van der Waals surface area contributed by atoms with Gasteiger partial charge in [0.25, 0.3) is 0 Å². The van der Waals surface area contributed by atoms with Crippen molar-refractivity contribution in [2.45, 2.75) is 38.6 Å². The Balaban J connectivity index is 1.40. The number of likely N-dealkylation sites (tertiary alicyclic amines) is 1. The lowest BCUT2D eigenvalue weighted by molar-refractivity contribution is 0.204. The Morgan fingerprint density at radius 3 is 2.60 bits per heavy atom. The zero-order valence-corrected chi connectivity index (χ0v) is 12.1. The van der Waals surface area contributed by atoms with E-state index in [4.69, 9.17) is 0 Å². The third-order valence-corrected chi connectivity index (χ3v) is 4.12. The summed E-state index contributed by atoms with van der Waals surface area (Å²) in [6, 6.07) is 4.18. The molecule has 1 aliphatic heterocycles. The molecule has 2 aromatic rings. The van der Waals surface area contributed by atoms with Crippen molar-refractivity contribution in [2.24, 2.45) is 0 Å². The quantitative estimate of drug-likeness (QED) is 0.908. The minimum atomic E-state index is 0.542. The lowest BCUT2D eigenvalue weighted by atomic mass is 9.96. The van der Waals surface area contributed by atoms with Crippen molar-refractivity contribution in [2.75, 3.05) is 19.6 Å². The Bertz CT molecular complexity index is 508. The number of nitrogens with zero attached hydrogens (tertiary/aromatic N) is 4. The normalized spacial score (nSPS) is 17.6. The monoisotopic (exact) mass is 273 g/mol. The average Bonchev–Trinajstić information content (AvgIpc) is 3.11. The standard InChI is InChI=1S/C15H23N5/c1-13-16-15(18-17-13)14-5-11-20(12-6-14)10-4-9-19-7-2-3-8-19/h2-3,7-8,14H,4-6,9-12H2,1H3,(H,16,17,18). The Kier molecular flexibility index (Phi) is 4.16. The molecule has 1 saturated heterocycles. The molecular weight excluding hydrogens is 250 g/mol. The van der Waals surface area contributed by atoms with Gasteiger partial charge in [-0.05, 0) is 58.0 Å². The number of hydrogen-bond donors (Lipinski definition) is 1. The number of piperidine rings is 1. The minimum Gasteiger partial charge on any atom is -0.354 e. The van der Waals surface area contributed by atoms with Gasteiger partial charge in [0.1, 0.15) is 5.82 Å². The second-order valence-corrected chi connectivity index (χ2v) is 5.67. The molecule has 0 unspecified atom stereocenters. The van der Waals surface area contributed by atoms with Crippen LogP contribution in [0.25, 0.3) is 0 Å². The van der Waals surface area contributed by atoms with Crippen LogP contribution in [0.4, 0.5) is 0 Å². The highest BCUT2D eigenvalue weighted by Gasteiger charge is 2.22. The number of hydrogen-bond acceptors (Lipinski definition) is 3. The molecule has 0 amide bonds. The number of nitrogens with one attached hydrogen (secondary N) is 1. The van der Waals surface area contributed by atoms with Gasteiger partial charge in [0.2, 0.25) is 0 Å². The van der Waals surface area contributed by atoms with Crippen LogP contribution in [0.5, 0.6) is 0 Å². The summed E-state index contributed by atoms with van der Waals surface area (Å²) in [5, 5.41) is 7.25. The molecule has 1 aliphatic rings. The Hall–Kier alpha value is -1.62. The number of aryl methyl sites for hydroxylation is 2. The molecule has 5 heteroatoms. The zero-order chi connectivity index (χ0) is 13.8. The lowest BCUT2D eigenvalue weighted by Crippen LogP contribution is -2.34. The van der Waals surface area contributed by atoms with Gasteiger partial charge in [0.05, 0.1) is 0 Å². The molecule has 1 fully saturated rings. The molecular formula is C15H23N5. The molecule has 0 bridgehead atoms. The van der Waals surface area contributed by atoms with Crippen molar-refractivity contribution >= 4 is 0 Å². The van der Waals surface area contributed by atoms with Crippen molar-refractivity contribution in [1.29, 1.82) is 0 Å². The first-order chi connectivity index (χ1) is 9.81. The molecule has 0 saturated carbocycles. The van der Waals surface area contributed by atoms with Crippen molar-refractivity contribution in [3.05, 3.63) is 36.2 Å². The van der Waals surface area contributed by atoms with Crippen LogP contribution in [0.3, 0.4) is 0 Å². The van der Waals surface area contributed by atoms with E-state index in [9.17, 15) is 0 Å². The van der Waals surface area contributed by atoms with E-state index in [1.165, 1.54) is 38.9 Å². The topological polar surface area (TPSA) is 49.7 Å². The Morgan fingerprint density at radius 2 is 1.95 bits per heavy atom. The second kappa shape index (κ2) is 6.22. The van der Waals surface area contributed by atoms with Crippen LogP contribution in [0, 0.1) is 6.92 Å². The van der Waals surface area contributed by atoms with Crippen molar-refractivity contribution in [3.8, 4) is 0 Å². The van der Waals surface area contributed by atoms with E-state index < -0.39 is 0 Å². The molecule has 0 aromatic carbocycles. The SMILES string of the molecule is Cc1nc(C2CCN(CCCn3cccc3)CC2)n[nH]1. The van der Waals surface area contributed by atoms with Crippen LogP contribution in [-0.2, 0) is 6.54 Å². The Morgan fingerprint density at radius 1 is 1.20 bits per heavy atom. The number of aromatic nitrogens is 4. The summed E-state index contributed by atoms with van der Waals surface area (Å²) in [6.45, 7) is 6.62. The van der Waals surface area contributed by atoms with Gasteiger partial charge in [-0.3, -0.25) is 5.10 Å². The fourth-order valence-corrected chi connectivity index (χ4v) is 2.95. The van der Waals surface area contributed by atoms with Crippen LogP contribution in [0.2, 0.25) is 0 Å². The van der Waals surface area contributed by atoms with Crippen molar-refractivity contribution in [3.63, 3.8) is 0 Å². The second-order valence-electron chi connectivity index (χ2n) is 5.67. The van der Waals surface area contributed by atoms with Gasteiger partial charge in [-0.25, -0.2) is 4.98 Å². The number of rotatable bonds is 5. The molecule has 3 heterocycles. The average molecular weight is 273 g/mol. The first-order valence-electron chi connectivity index (χ1n) is 7.53. The summed E-state index contributed by atoms with van der Waals surface area (Å²) in [5.41, 5.74) is 0. The van der Waals surface area contributed by atoms with Crippen LogP contribution >= 0.6 is 0 Å². The first kappa shape index (κ1) is 13.4. The summed E-state index contributed by atoms with van der Waals surface area (Å²) in [4.78, 5) is 7.04. The highest BCUT2D eigenvalue weighted by molar-refractivity contribution is 4.99. The van der Waals surface area contributed by atoms with E-state index in [0.717, 1.165) is 18.2 Å². The molecule has 5 nitrogen and oxygen atoms in total. The molecule has 3 rings (SSSR count). The van der Waals surface area contributed by atoms with Gasteiger partial charge < -0.3 is 9.47 Å². The first-order valence-corrected chi connectivity index (χ1v) is 7.53. The van der Waals surface area contributed by atoms with E-state index in [2.05, 4.69) is 49.2 Å². The van der Waals surface area contributed by atoms with Crippen molar-refractivity contribution in [1.82, 2.24) is 24.6 Å². The van der Waals surface area contributed by atoms with E-state index in [-0.39, 0.29) is 0 Å². The minimum absolute atomic E-state index is 0.542. The summed E-state index contributed by atoms with van der Waals surface area (Å²) in [7, 11) is 0. The maximum absolute atomic E-state index is 4.47. The largest absolute Gasteiger partial charge is 0.354 e. The van der Waals surface area contributed by atoms with Crippen LogP contribution < -0.4 is 0 Å². The van der Waals surface area contributed by atoms with Crippen LogP contribution in [-0.4, -0.2) is 44.3 Å².